The minimum absolute atomic E-state index is 0. The Balaban J connectivity index is 0. The number of hydrogen-bond acceptors (Lipinski definition) is 14. The number of unbranched alkanes of at least 4 members (excludes halogenated alkanes) is 1. The fourth-order valence-corrected chi connectivity index (χ4v) is 4.11. The smallest absolute Gasteiger partial charge is 0.326 e. The Morgan fingerprint density at radius 3 is 1.49 bits per heavy atom. The molecule has 2 aromatic rings. The van der Waals surface area contributed by atoms with Crippen molar-refractivity contribution in [2.24, 2.45) is 0 Å². The van der Waals surface area contributed by atoms with Crippen molar-refractivity contribution < 1.29 is 95.6 Å². The summed E-state index contributed by atoms with van der Waals surface area (Å²) in [5.74, 6) is -6.26. The van der Waals surface area contributed by atoms with Gasteiger partial charge in [-0.2, -0.15) is 6.61 Å². The van der Waals surface area contributed by atoms with E-state index in [-0.39, 0.29) is 67.2 Å². The number of aldehydes is 1. The van der Waals surface area contributed by atoms with Gasteiger partial charge < -0.3 is 49.3 Å². The number of methoxy groups -OCH3 is 1. The van der Waals surface area contributed by atoms with Crippen LogP contribution in [-0.4, -0.2) is 83.3 Å². The number of rotatable bonds is 18. The van der Waals surface area contributed by atoms with Crippen LogP contribution in [0.4, 0.5) is 0 Å². The first kappa shape index (κ1) is 51.4. The fourth-order valence-electron chi connectivity index (χ4n) is 4.11. The Kier molecular flexibility index (Phi) is 26.0. The number of aliphatic carboxylic acids is 2. The van der Waals surface area contributed by atoms with Gasteiger partial charge in [-0.05, 0) is 41.8 Å². The van der Waals surface area contributed by atoms with Gasteiger partial charge in [-0.3, -0.25) is 28.8 Å². The summed E-state index contributed by atoms with van der Waals surface area (Å²) in [6, 6.07) is 6.07. The SMILES string of the molecule is CC.CC(=O)NC(Cc1ccc(OC(C)=O)c(OC(C)=O)c1)C(=O)O.CO[CH-]C(=O)Oc1cc(CC(NC(=O)CCCC=O)C(=O)O)ccc1OC(C)=O.[V]. The van der Waals surface area contributed by atoms with Crippen molar-refractivity contribution in [1.82, 2.24) is 10.6 Å². The summed E-state index contributed by atoms with van der Waals surface area (Å²) in [5, 5.41) is 23.1. The van der Waals surface area contributed by atoms with Crippen LogP contribution in [0, 0.1) is 6.61 Å². The molecular weight excluding hydrogens is 767 g/mol. The predicted molar refractivity (Wildman–Crippen MR) is 187 cm³/mol. The Labute approximate surface area is 329 Å². The van der Waals surface area contributed by atoms with E-state index in [1.54, 1.807) is 0 Å². The monoisotopic (exact) mass is 812 g/mol. The third-order valence-corrected chi connectivity index (χ3v) is 6.12. The number of amides is 2. The van der Waals surface area contributed by atoms with Gasteiger partial charge in [-0.15, -0.1) is 0 Å². The van der Waals surface area contributed by atoms with Crippen molar-refractivity contribution in [2.75, 3.05) is 7.11 Å². The van der Waals surface area contributed by atoms with E-state index in [2.05, 4.69) is 15.4 Å². The largest absolute Gasteiger partial charge is 0.525 e. The van der Waals surface area contributed by atoms with Crippen LogP contribution in [0.15, 0.2) is 36.4 Å². The molecule has 18 nitrogen and oxygen atoms in total. The van der Waals surface area contributed by atoms with Crippen molar-refractivity contribution in [3.8, 4) is 23.0 Å². The van der Waals surface area contributed by atoms with Gasteiger partial charge in [0.25, 0.3) is 0 Å². The Hall–Kier alpha value is -5.72. The zero-order valence-electron chi connectivity index (χ0n) is 31.4. The van der Waals surface area contributed by atoms with Crippen molar-refractivity contribution in [2.45, 2.75) is 85.7 Å². The van der Waals surface area contributed by atoms with Crippen LogP contribution < -0.4 is 29.6 Å². The van der Waals surface area contributed by atoms with Gasteiger partial charge in [0.1, 0.15) is 18.4 Å². The minimum atomic E-state index is -1.26. The summed E-state index contributed by atoms with van der Waals surface area (Å²) in [5.41, 5.74) is 0.889. The number of carbonyl (C=O) groups is 9. The molecule has 2 unspecified atom stereocenters. The van der Waals surface area contributed by atoms with E-state index in [9.17, 15) is 48.3 Å². The van der Waals surface area contributed by atoms with E-state index < -0.39 is 59.7 Å². The van der Waals surface area contributed by atoms with Crippen molar-refractivity contribution in [3.05, 3.63) is 54.1 Å². The molecule has 2 aromatic carbocycles. The Morgan fingerprint density at radius 2 is 1.11 bits per heavy atom. The average molecular weight is 813 g/mol. The van der Waals surface area contributed by atoms with Crippen LogP contribution in [0.5, 0.6) is 23.0 Å². The minimum Gasteiger partial charge on any atom is -0.525 e. The molecule has 0 saturated heterocycles. The molecule has 0 heterocycles. The number of benzene rings is 2. The average Bonchev–Trinajstić information content (AvgIpc) is 3.07. The maximum Gasteiger partial charge on any atom is 0.326 e. The number of carbonyl (C=O) groups excluding carboxylic acids is 7. The van der Waals surface area contributed by atoms with E-state index in [1.807, 2.05) is 13.8 Å². The van der Waals surface area contributed by atoms with Crippen LogP contribution in [0.2, 0.25) is 0 Å². The second kappa shape index (κ2) is 27.8. The zero-order chi connectivity index (χ0) is 41.4. The molecule has 0 aromatic heterocycles. The standard InChI is InChI=1S/C19H22NO9.C15H17NO7.C2H6.V/c1-12(22)28-15-7-6-13(10-16(15)29-18(24)11-27-2)9-14(19(25)26)20-17(23)5-3-4-8-21;1-8(17)16-12(15(20)21)6-11-4-5-13(22-9(2)18)14(7-11)23-10(3)19;1-2;/h6-8,10-11,14H,3-5,9H2,1-2H3,(H,20,23)(H,25,26);4-5,7,12H,6H2,1-3H3,(H,16,17)(H,20,21);1-2H3;/q-1;;;. The molecule has 0 aliphatic heterocycles. The number of esters is 4. The molecule has 2 atom stereocenters. The summed E-state index contributed by atoms with van der Waals surface area (Å²) in [4.78, 5) is 101. The Morgan fingerprint density at radius 1 is 0.691 bits per heavy atom. The van der Waals surface area contributed by atoms with Crippen LogP contribution >= 0.6 is 0 Å². The summed E-state index contributed by atoms with van der Waals surface area (Å²) < 4.78 is 24.4. The zero-order valence-corrected chi connectivity index (χ0v) is 32.8. The van der Waals surface area contributed by atoms with Crippen LogP contribution in [0.25, 0.3) is 0 Å². The van der Waals surface area contributed by atoms with Crippen LogP contribution in [-0.2, 0) is 79.3 Å². The van der Waals surface area contributed by atoms with Crippen LogP contribution in [0.3, 0.4) is 0 Å². The molecule has 0 bridgehead atoms. The van der Waals surface area contributed by atoms with Gasteiger partial charge in [0.15, 0.2) is 29.0 Å². The maximum atomic E-state index is 11.8. The van der Waals surface area contributed by atoms with E-state index in [4.69, 9.17) is 24.1 Å². The van der Waals surface area contributed by atoms with Gasteiger partial charge >= 0.3 is 29.8 Å². The molecular formula is C36H45N2O16V-. The van der Waals surface area contributed by atoms with Gasteiger partial charge in [0.2, 0.25) is 11.8 Å². The number of carboxylic acids is 2. The summed E-state index contributed by atoms with van der Waals surface area (Å²) in [6.07, 6.45) is 1.07. The molecule has 19 heteroatoms. The molecule has 2 amide bonds. The molecule has 0 spiro atoms. The number of carboxylic acid groups (broad SMARTS) is 2. The molecule has 0 fully saturated rings. The normalized spacial score (nSPS) is 10.7. The Bertz CT molecular complexity index is 1650. The molecule has 4 N–H and O–H groups in total. The molecule has 2 rings (SSSR count). The topological polar surface area (TPSA) is 264 Å². The third kappa shape index (κ3) is 22.2. The molecule has 1 radical (unpaired) electrons. The fraction of sp³-hybridized carbons (Fsp3) is 0.389. The van der Waals surface area contributed by atoms with Gasteiger partial charge in [-0.1, -0.05) is 26.0 Å². The molecule has 0 aliphatic rings. The summed E-state index contributed by atoms with van der Waals surface area (Å²) >= 11 is 0. The predicted octanol–water partition coefficient (Wildman–Crippen LogP) is 2.50. The molecule has 0 saturated carbocycles. The van der Waals surface area contributed by atoms with Gasteiger partial charge in [-0.25, -0.2) is 9.59 Å². The summed E-state index contributed by atoms with van der Waals surface area (Å²) in [6.45, 7) is 9.56. The number of ether oxygens (including phenoxy) is 5. The van der Waals surface area contributed by atoms with Gasteiger partial charge in [0, 0.05) is 79.0 Å². The second-order valence-electron chi connectivity index (χ2n) is 10.6. The van der Waals surface area contributed by atoms with Gasteiger partial charge in [0.05, 0.1) is 0 Å². The van der Waals surface area contributed by atoms with E-state index in [0.717, 1.165) is 6.61 Å². The second-order valence-corrected chi connectivity index (χ2v) is 10.6. The number of nitrogens with one attached hydrogen (secondary N) is 2. The van der Waals surface area contributed by atoms with Crippen LogP contribution in [0.1, 0.15) is 71.9 Å². The maximum absolute atomic E-state index is 11.8. The summed E-state index contributed by atoms with van der Waals surface area (Å²) in [7, 11) is 1.25. The molecule has 55 heavy (non-hydrogen) atoms. The van der Waals surface area contributed by atoms with E-state index >= 15 is 0 Å². The van der Waals surface area contributed by atoms with E-state index in [1.165, 1.54) is 71.2 Å². The van der Waals surface area contributed by atoms with Crippen molar-refractivity contribution >= 4 is 53.9 Å². The molecule has 301 valence electrons. The molecule has 0 aliphatic carbocycles. The van der Waals surface area contributed by atoms with E-state index in [0.29, 0.717) is 23.8 Å². The third-order valence-electron chi connectivity index (χ3n) is 6.12. The first-order chi connectivity index (χ1) is 25.4. The quantitative estimate of drug-likeness (QED) is 0.0554. The first-order valence-electron chi connectivity index (χ1n) is 16.3. The van der Waals surface area contributed by atoms with Crippen molar-refractivity contribution in [1.29, 1.82) is 0 Å². The van der Waals surface area contributed by atoms with Crippen molar-refractivity contribution in [3.63, 3.8) is 0 Å². The first-order valence-corrected chi connectivity index (χ1v) is 16.3. The number of hydrogen-bond donors (Lipinski definition) is 4.